The Morgan fingerprint density at radius 1 is 1.47 bits per heavy atom. The van der Waals surface area contributed by atoms with Gasteiger partial charge < -0.3 is 9.64 Å². The van der Waals surface area contributed by atoms with E-state index in [1.54, 1.807) is 25.2 Å². The van der Waals surface area contributed by atoms with Crippen LogP contribution in [0, 0.1) is 11.3 Å². The van der Waals surface area contributed by atoms with Crippen molar-refractivity contribution in [3.05, 3.63) is 29.8 Å². The van der Waals surface area contributed by atoms with Gasteiger partial charge in [0.05, 0.1) is 24.7 Å². The number of nitrogens with zero attached hydrogens (tertiary/aromatic N) is 2. The third kappa shape index (κ3) is 3.49. The van der Waals surface area contributed by atoms with Gasteiger partial charge in [0.15, 0.2) is 0 Å². The fourth-order valence-electron chi connectivity index (χ4n) is 1.45. The van der Waals surface area contributed by atoms with Crippen LogP contribution in [0.3, 0.4) is 0 Å². The first-order valence-corrected chi connectivity index (χ1v) is 5.55. The van der Waals surface area contributed by atoms with Gasteiger partial charge in [-0.1, -0.05) is 12.1 Å². The van der Waals surface area contributed by atoms with Gasteiger partial charge in [0.1, 0.15) is 5.75 Å². The fourth-order valence-corrected chi connectivity index (χ4v) is 1.45. The Labute approximate surface area is 101 Å². The van der Waals surface area contributed by atoms with E-state index in [0.717, 1.165) is 0 Å². The molecule has 0 spiro atoms. The van der Waals surface area contributed by atoms with Crippen molar-refractivity contribution in [2.24, 2.45) is 0 Å². The minimum atomic E-state index is -0.121. The van der Waals surface area contributed by atoms with Crippen LogP contribution in [0.25, 0.3) is 0 Å². The van der Waals surface area contributed by atoms with Gasteiger partial charge in [-0.2, -0.15) is 5.26 Å². The Balaban J connectivity index is 2.84. The Hall–Kier alpha value is -2.02. The molecule has 0 aliphatic heterocycles. The van der Waals surface area contributed by atoms with E-state index in [4.69, 9.17) is 10.00 Å². The quantitative estimate of drug-likeness (QED) is 0.781. The maximum atomic E-state index is 12.1. The van der Waals surface area contributed by atoms with E-state index in [1.807, 2.05) is 19.1 Å². The molecule has 0 saturated carbocycles. The third-order valence-corrected chi connectivity index (χ3v) is 2.32. The molecule has 1 rings (SSSR count). The maximum absolute atomic E-state index is 12.1. The summed E-state index contributed by atoms with van der Waals surface area (Å²) in [5.41, 5.74) is 0.537. The molecule has 0 aromatic heterocycles. The van der Waals surface area contributed by atoms with Crippen LogP contribution in [0.15, 0.2) is 24.3 Å². The van der Waals surface area contributed by atoms with Crippen molar-refractivity contribution in [1.29, 1.82) is 5.26 Å². The second-order valence-electron chi connectivity index (χ2n) is 3.56. The van der Waals surface area contributed by atoms with E-state index < -0.39 is 0 Å². The van der Waals surface area contributed by atoms with Crippen LogP contribution in [0.4, 0.5) is 0 Å². The fraction of sp³-hybridized carbons (Fsp3) is 0.385. The summed E-state index contributed by atoms with van der Waals surface area (Å²) >= 11 is 0. The molecule has 0 aliphatic carbocycles. The first-order chi connectivity index (χ1) is 8.20. The van der Waals surface area contributed by atoms with Crippen LogP contribution in [0.2, 0.25) is 0 Å². The summed E-state index contributed by atoms with van der Waals surface area (Å²) in [5.74, 6) is 0.466. The van der Waals surface area contributed by atoms with Crippen LogP contribution in [-0.2, 0) is 0 Å². The molecule has 0 heterocycles. The predicted octanol–water partition coefficient (Wildman–Crippen LogP) is 2.07. The molecule has 0 unspecified atom stereocenters. The molecular weight excluding hydrogens is 216 g/mol. The molecule has 1 amide bonds. The number of para-hydroxylation sites is 1. The predicted molar refractivity (Wildman–Crippen MR) is 64.8 cm³/mol. The van der Waals surface area contributed by atoms with Crippen molar-refractivity contribution >= 4 is 5.91 Å². The highest BCUT2D eigenvalue weighted by Gasteiger charge is 2.15. The molecule has 0 N–H and O–H groups in total. The lowest BCUT2D eigenvalue weighted by molar-refractivity contribution is 0.0794. The molecule has 0 radical (unpaired) electrons. The first-order valence-electron chi connectivity index (χ1n) is 5.55. The third-order valence-electron chi connectivity index (χ3n) is 2.32. The number of carbonyl (C=O) groups is 1. The maximum Gasteiger partial charge on any atom is 0.257 e. The van der Waals surface area contributed by atoms with Crippen molar-refractivity contribution < 1.29 is 9.53 Å². The van der Waals surface area contributed by atoms with Gasteiger partial charge in [0, 0.05) is 13.6 Å². The minimum absolute atomic E-state index is 0.121. The highest BCUT2D eigenvalue weighted by atomic mass is 16.5. The lowest BCUT2D eigenvalue weighted by atomic mass is 10.1. The summed E-state index contributed by atoms with van der Waals surface area (Å²) in [7, 11) is 1.68. The number of benzene rings is 1. The lowest BCUT2D eigenvalue weighted by Gasteiger charge is -2.17. The number of ether oxygens (including phenoxy) is 1. The summed E-state index contributed by atoms with van der Waals surface area (Å²) in [4.78, 5) is 13.6. The number of carbonyl (C=O) groups excluding carboxylic acids is 1. The van der Waals surface area contributed by atoms with E-state index >= 15 is 0 Å². The molecule has 0 saturated heterocycles. The molecular formula is C13H16N2O2. The van der Waals surface area contributed by atoms with Crippen LogP contribution in [-0.4, -0.2) is 31.0 Å². The molecule has 0 atom stereocenters. The Kier molecular flexibility index (Phi) is 5.02. The van der Waals surface area contributed by atoms with E-state index in [9.17, 15) is 4.79 Å². The summed E-state index contributed by atoms with van der Waals surface area (Å²) in [6.07, 6.45) is 0.332. The first kappa shape index (κ1) is 13.0. The molecule has 1 aromatic carbocycles. The molecule has 0 fully saturated rings. The SMILES string of the molecule is CCOc1ccccc1C(=O)N(C)CCC#N. The average molecular weight is 232 g/mol. The van der Waals surface area contributed by atoms with Crippen LogP contribution >= 0.6 is 0 Å². The zero-order valence-electron chi connectivity index (χ0n) is 10.1. The van der Waals surface area contributed by atoms with Crippen molar-refractivity contribution in [1.82, 2.24) is 4.90 Å². The van der Waals surface area contributed by atoms with Gasteiger partial charge in [0.25, 0.3) is 5.91 Å². The molecule has 1 aromatic rings. The van der Waals surface area contributed by atoms with Crippen LogP contribution in [0.5, 0.6) is 5.75 Å². The summed E-state index contributed by atoms with van der Waals surface area (Å²) in [6.45, 7) is 2.82. The van der Waals surface area contributed by atoms with E-state index in [-0.39, 0.29) is 5.91 Å². The van der Waals surface area contributed by atoms with Gasteiger partial charge in [-0.05, 0) is 19.1 Å². The summed E-state index contributed by atoms with van der Waals surface area (Å²) in [6, 6.07) is 9.15. The largest absolute Gasteiger partial charge is 0.493 e. The molecule has 4 heteroatoms. The zero-order valence-corrected chi connectivity index (χ0v) is 10.1. The second kappa shape index (κ2) is 6.54. The van der Waals surface area contributed by atoms with E-state index in [1.165, 1.54) is 4.90 Å². The Bertz CT molecular complexity index is 424. The molecule has 0 bridgehead atoms. The van der Waals surface area contributed by atoms with Gasteiger partial charge in [-0.15, -0.1) is 0 Å². The highest BCUT2D eigenvalue weighted by Crippen LogP contribution is 2.19. The highest BCUT2D eigenvalue weighted by molar-refractivity contribution is 5.96. The van der Waals surface area contributed by atoms with Gasteiger partial charge in [0.2, 0.25) is 0 Å². The normalized spacial score (nSPS) is 9.47. The van der Waals surface area contributed by atoms with Crippen LogP contribution < -0.4 is 4.74 Å². The van der Waals surface area contributed by atoms with Gasteiger partial charge in [-0.25, -0.2) is 0 Å². The van der Waals surface area contributed by atoms with Crippen molar-refractivity contribution in [2.75, 3.05) is 20.2 Å². The number of hydrogen-bond donors (Lipinski definition) is 0. The Morgan fingerprint density at radius 3 is 2.82 bits per heavy atom. The molecule has 90 valence electrons. The average Bonchev–Trinajstić information content (AvgIpc) is 2.36. The minimum Gasteiger partial charge on any atom is -0.493 e. The summed E-state index contributed by atoms with van der Waals surface area (Å²) < 4.78 is 5.40. The van der Waals surface area contributed by atoms with Gasteiger partial charge in [-0.3, -0.25) is 4.79 Å². The van der Waals surface area contributed by atoms with Crippen LogP contribution in [0.1, 0.15) is 23.7 Å². The standard InChI is InChI=1S/C13H16N2O2/c1-3-17-12-8-5-4-7-11(12)13(16)15(2)10-6-9-14/h4-5,7-8H,3,6,10H2,1-2H3. The Morgan fingerprint density at radius 2 is 2.18 bits per heavy atom. The lowest BCUT2D eigenvalue weighted by Crippen LogP contribution is -2.28. The van der Waals surface area contributed by atoms with Crippen molar-refractivity contribution in [3.63, 3.8) is 0 Å². The summed E-state index contributed by atoms with van der Waals surface area (Å²) in [5, 5.41) is 8.49. The van der Waals surface area contributed by atoms with Crippen molar-refractivity contribution in [2.45, 2.75) is 13.3 Å². The molecule has 4 nitrogen and oxygen atoms in total. The number of nitriles is 1. The topological polar surface area (TPSA) is 53.3 Å². The van der Waals surface area contributed by atoms with Gasteiger partial charge >= 0.3 is 0 Å². The van der Waals surface area contributed by atoms with E-state index in [0.29, 0.717) is 30.9 Å². The van der Waals surface area contributed by atoms with E-state index in [2.05, 4.69) is 0 Å². The number of amides is 1. The molecule has 17 heavy (non-hydrogen) atoms. The van der Waals surface area contributed by atoms with Crippen molar-refractivity contribution in [3.8, 4) is 11.8 Å². The number of hydrogen-bond acceptors (Lipinski definition) is 3. The second-order valence-corrected chi connectivity index (χ2v) is 3.56. The monoisotopic (exact) mass is 232 g/mol. The smallest absolute Gasteiger partial charge is 0.257 e. The zero-order chi connectivity index (χ0) is 12.7. The molecule has 0 aliphatic rings. The number of rotatable bonds is 5.